The molecular weight excluding hydrogens is 414 g/mol. The van der Waals surface area contributed by atoms with E-state index in [2.05, 4.69) is 34.1 Å². The number of benzene rings is 2. The van der Waals surface area contributed by atoms with E-state index in [-0.39, 0.29) is 6.04 Å². The Morgan fingerprint density at radius 3 is 2.25 bits per heavy atom. The zero-order chi connectivity index (χ0) is 22.5. The number of nitrogens with zero attached hydrogens (tertiary/aromatic N) is 3. The molecule has 2 N–H and O–H groups in total. The SMILES string of the molecule is O=C(O)/C=C/C(=O)O.c1ccc2c(c1)Oc1ccccc1N1C(N3CCOCC3)=NCC21. The van der Waals surface area contributed by atoms with Gasteiger partial charge in [0.25, 0.3) is 0 Å². The molecule has 0 aliphatic carbocycles. The van der Waals surface area contributed by atoms with Gasteiger partial charge in [0.05, 0.1) is 31.5 Å². The Morgan fingerprint density at radius 1 is 0.938 bits per heavy atom. The molecule has 2 aromatic rings. The lowest BCUT2D eigenvalue weighted by atomic mass is 10.1. The number of guanidine groups is 1. The number of anilines is 1. The zero-order valence-corrected chi connectivity index (χ0v) is 17.3. The molecule has 166 valence electrons. The van der Waals surface area contributed by atoms with Gasteiger partial charge in [-0.25, -0.2) is 9.59 Å². The van der Waals surface area contributed by atoms with Gasteiger partial charge in [-0.2, -0.15) is 0 Å². The third kappa shape index (κ3) is 4.57. The van der Waals surface area contributed by atoms with Crippen molar-refractivity contribution in [1.29, 1.82) is 0 Å². The lowest BCUT2D eigenvalue weighted by Crippen LogP contribution is -2.48. The van der Waals surface area contributed by atoms with E-state index in [1.165, 1.54) is 5.56 Å². The molecule has 0 radical (unpaired) electrons. The number of carboxylic acid groups (broad SMARTS) is 2. The average molecular weight is 437 g/mol. The molecule has 1 atom stereocenters. The molecule has 1 fully saturated rings. The summed E-state index contributed by atoms with van der Waals surface area (Å²) in [5, 5.41) is 15.6. The average Bonchev–Trinajstić information content (AvgIpc) is 3.18. The highest BCUT2D eigenvalue weighted by atomic mass is 16.5. The zero-order valence-electron chi connectivity index (χ0n) is 17.3. The highest BCUT2D eigenvalue weighted by molar-refractivity contribution is 6.00. The van der Waals surface area contributed by atoms with Crippen LogP contribution in [0.2, 0.25) is 0 Å². The van der Waals surface area contributed by atoms with Gasteiger partial charge >= 0.3 is 11.9 Å². The Balaban J connectivity index is 0.000000265. The molecule has 0 aromatic heterocycles. The maximum Gasteiger partial charge on any atom is 0.328 e. The molecule has 0 spiro atoms. The summed E-state index contributed by atoms with van der Waals surface area (Å²) >= 11 is 0. The minimum Gasteiger partial charge on any atom is -0.478 e. The number of morpholine rings is 1. The molecule has 3 aliphatic heterocycles. The van der Waals surface area contributed by atoms with Gasteiger partial charge in [-0.05, 0) is 18.2 Å². The maximum atomic E-state index is 9.55. The molecule has 2 aromatic carbocycles. The van der Waals surface area contributed by atoms with Crippen molar-refractivity contribution in [2.75, 3.05) is 37.7 Å². The van der Waals surface area contributed by atoms with Crippen molar-refractivity contribution >= 4 is 23.6 Å². The predicted octanol–water partition coefficient (Wildman–Crippen LogP) is 2.75. The molecule has 9 nitrogen and oxygen atoms in total. The van der Waals surface area contributed by atoms with Crippen LogP contribution in [-0.4, -0.2) is 65.9 Å². The van der Waals surface area contributed by atoms with E-state index in [4.69, 9.17) is 24.7 Å². The van der Waals surface area contributed by atoms with Crippen molar-refractivity contribution < 1.29 is 29.3 Å². The summed E-state index contributed by atoms with van der Waals surface area (Å²) in [6, 6.07) is 16.7. The molecular formula is C23H23N3O6. The largest absolute Gasteiger partial charge is 0.478 e. The van der Waals surface area contributed by atoms with Gasteiger partial charge in [-0.15, -0.1) is 0 Å². The van der Waals surface area contributed by atoms with Crippen LogP contribution in [0, 0.1) is 0 Å². The van der Waals surface area contributed by atoms with Crippen LogP contribution < -0.4 is 9.64 Å². The Bertz CT molecular complexity index is 1050. The second-order valence-electron chi connectivity index (χ2n) is 7.24. The van der Waals surface area contributed by atoms with E-state index < -0.39 is 11.9 Å². The third-order valence-electron chi connectivity index (χ3n) is 5.22. The molecule has 1 saturated heterocycles. The van der Waals surface area contributed by atoms with E-state index in [1.54, 1.807) is 0 Å². The highest BCUT2D eigenvalue weighted by Crippen LogP contribution is 2.46. The van der Waals surface area contributed by atoms with Gasteiger partial charge in [0.1, 0.15) is 5.75 Å². The smallest absolute Gasteiger partial charge is 0.328 e. The summed E-state index contributed by atoms with van der Waals surface area (Å²) in [5.41, 5.74) is 2.28. The van der Waals surface area contributed by atoms with Crippen molar-refractivity contribution in [3.8, 4) is 11.5 Å². The van der Waals surface area contributed by atoms with Crippen LogP contribution in [0.25, 0.3) is 0 Å². The van der Waals surface area contributed by atoms with Gasteiger partial charge in [-0.1, -0.05) is 30.3 Å². The fourth-order valence-electron chi connectivity index (χ4n) is 3.85. The number of ether oxygens (including phenoxy) is 2. The predicted molar refractivity (Wildman–Crippen MR) is 117 cm³/mol. The van der Waals surface area contributed by atoms with E-state index in [9.17, 15) is 9.59 Å². The van der Waals surface area contributed by atoms with Crippen molar-refractivity contribution in [2.45, 2.75) is 6.04 Å². The van der Waals surface area contributed by atoms with Crippen LogP contribution in [0.1, 0.15) is 11.6 Å². The topological polar surface area (TPSA) is 112 Å². The molecule has 0 amide bonds. The molecule has 32 heavy (non-hydrogen) atoms. The number of carbonyl (C=O) groups is 2. The van der Waals surface area contributed by atoms with Crippen LogP contribution in [0.5, 0.6) is 11.5 Å². The molecule has 0 bridgehead atoms. The highest BCUT2D eigenvalue weighted by Gasteiger charge is 2.38. The summed E-state index contributed by atoms with van der Waals surface area (Å²) in [5.74, 6) is 0.335. The molecule has 9 heteroatoms. The van der Waals surface area contributed by atoms with Gasteiger partial charge in [-0.3, -0.25) is 9.89 Å². The van der Waals surface area contributed by atoms with Crippen molar-refractivity contribution in [3.05, 3.63) is 66.2 Å². The van der Waals surface area contributed by atoms with E-state index in [0.717, 1.165) is 56.0 Å². The number of carboxylic acids is 2. The second kappa shape index (κ2) is 9.52. The fraction of sp³-hybridized carbons (Fsp3) is 0.261. The van der Waals surface area contributed by atoms with E-state index in [1.807, 2.05) is 24.3 Å². The molecule has 0 saturated carbocycles. The standard InChI is InChI=1S/C19H19N3O2.C4H4O4/c1-3-7-17-14(5-1)16-13-20-19(21-9-11-23-12-10-21)22(16)15-6-2-4-8-18(15)24-17;5-3(6)1-2-4(7)8/h1-8,16H,9-13H2;1-2H,(H,5,6)(H,7,8)/b;2-1+. The monoisotopic (exact) mass is 437 g/mol. The lowest BCUT2D eigenvalue weighted by Gasteiger charge is -2.35. The summed E-state index contributed by atoms with van der Waals surface area (Å²) < 4.78 is 11.7. The van der Waals surface area contributed by atoms with Gasteiger partial charge in [0, 0.05) is 30.8 Å². The molecule has 3 aliphatic rings. The maximum absolute atomic E-state index is 9.55. The van der Waals surface area contributed by atoms with E-state index in [0.29, 0.717) is 12.2 Å². The first-order valence-corrected chi connectivity index (χ1v) is 10.2. The van der Waals surface area contributed by atoms with Crippen LogP contribution in [-0.2, 0) is 14.3 Å². The van der Waals surface area contributed by atoms with E-state index >= 15 is 0 Å². The quantitative estimate of drug-likeness (QED) is 0.690. The number of fused-ring (bicyclic) bond motifs is 5. The van der Waals surface area contributed by atoms with Gasteiger partial charge < -0.3 is 24.6 Å². The first-order chi connectivity index (χ1) is 15.5. The summed E-state index contributed by atoms with van der Waals surface area (Å²) in [6.07, 6.45) is 1.12. The second-order valence-corrected chi connectivity index (χ2v) is 7.24. The Labute approximate surface area is 184 Å². The van der Waals surface area contributed by atoms with Crippen LogP contribution in [0.15, 0.2) is 65.7 Å². The van der Waals surface area contributed by atoms with Crippen molar-refractivity contribution in [2.24, 2.45) is 4.99 Å². The molecule has 1 unspecified atom stereocenters. The number of rotatable bonds is 2. The van der Waals surface area contributed by atoms with Crippen LogP contribution in [0.3, 0.4) is 0 Å². The summed E-state index contributed by atoms with van der Waals surface area (Å²) in [4.78, 5) is 28.7. The number of para-hydroxylation sites is 3. The summed E-state index contributed by atoms with van der Waals surface area (Å²) in [7, 11) is 0. The number of hydrogen-bond acceptors (Lipinski definition) is 7. The molecule has 3 heterocycles. The number of aliphatic carboxylic acids is 2. The van der Waals surface area contributed by atoms with Crippen molar-refractivity contribution in [3.63, 3.8) is 0 Å². The van der Waals surface area contributed by atoms with Crippen LogP contribution in [0.4, 0.5) is 5.69 Å². The fourth-order valence-corrected chi connectivity index (χ4v) is 3.85. The van der Waals surface area contributed by atoms with Gasteiger partial charge in [0.2, 0.25) is 5.96 Å². The van der Waals surface area contributed by atoms with Crippen LogP contribution >= 0.6 is 0 Å². The van der Waals surface area contributed by atoms with Gasteiger partial charge in [0.15, 0.2) is 5.75 Å². The number of aliphatic imine (C=N–C) groups is 1. The third-order valence-corrected chi connectivity index (χ3v) is 5.22. The normalized spacial score (nSPS) is 18.9. The first-order valence-electron chi connectivity index (χ1n) is 10.2. The Kier molecular flexibility index (Phi) is 6.37. The summed E-state index contributed by atoms with van der Waals surface area (Å²) in [6.45, 7) is 4.03. The Morgan fingerprint density at radius 2 is 1.56 bits per heavy atom. The lowest BCUT2D eigenvalue weighted by molar-refractivity contribution is -0.134. The minimum absolute atomic E-state index is 0.183. The minimum atomic E-state index is -1.26. The first kappa shape index (κ1) is 21.4. The molecule has 5 rings (SSSR count). The van der Waals surface area contributed by atoms with Crippen molar-refractivity contribution in [1.82, 2.24) is 4.90 Å². The number of hydrogen-bond donors (Lipinski definition) is 2. The Hall–Kier alpha value is -3.85.